The molecule has 0 saturated heterocycles. The minimum atomic E-state index is -1.18. The van der Waals surface area contributed by atoms with Crippen molar-refractivity contribution in [2.45, 2.75) is 151 Å². The highest BCUT2D eigenvalue weighted by atomic mass is 35.5. The number of nitrogens with zero attached hydrogens (tertiary/aromatic N) is 12. The summed E-state index contributed by atoms with van der Waals surface area (Å²) in [4.78, 5) is 73.7. The number of amides is 1. The number of rotatable bonds is 49. The largest absolute Gasteiger partial charge is 0.494 e. The number of carboxylic acid groups (broad SMARTS) is 1. The zero-order valence-corrected chi connectivity index (χ0v) is 75.5. The van der Waals surface area contributed by atoms with E-state index in [0.29, 0.717) is 112 Å². The first-order chi connectivity index (χ1) is 62.3. The molecule has 10 rings (SSSR count). The number of ether oxygens (including phenoxy) is 6. The van der Waals surface area contributed by atoms with Crippen LogP contribution in [0, 0.1) is 20.2 Å². The number of non-ortho nitro benzene ring substituents is 2. The van der Waals surface area contributed by atoms with Crippen molar-refractivity contribution in [2.75, 3.05) is 100 Å². The molecule has 0 aliphatic heterocycles. The molecule has 8 N–H and O–H groups in total. The van der Waals surface area contributed by atoms with Gasteiger partial charge in [-0.25, -0.2) is 4.79 Å². The number of anilines is 6. The molecule has 0 unspecified atom stereocenters. The number of carbonyl (C=O) groups is 4. The molecular formula is C97H116Cl2N16O15. The average molecular weight is 1820 g/mol. The maximum absolute atomic E-state index is 13.4. The Morgan fingerprint density at radius 2 is 0.700 bits per heavy atom. The van der Waals surface area contributed by atoms with Gasteiger partial charge in [0.15, 0.2) is 0 Å². The molecule has 0 spiro atoms. The van der Waals surface area contributed by atoms with Crippen molar-refractivity contribution in [1.82, 2.24) is 0 Å². The number of nitrogens with one attached hydrogen (secondary N) is 1. The number of nitro benzene ring substituents is 2. The van der Waals surface area contributed by atoms with Crippen LogP contribution in [0.3, 0.4) is 0 Å². The van der Waals surface area contributed by atoms with Crippen LogP contribution in [-0.4, -0.2) is 105 Å². The number of unbranched alkanes of at least 4 members (excludes halogenated alkanes) is 14. The molecule has 0 bridgehead atoms. The molecule has 0 aliphatic carbocycles. The number of hydrogen-bond donors (Lipinski definition) is 5. The summed E-state index contributed by atoms with van der Waals surface area (Å²) in [7, 11) is 5.94. The van der Waals surface area contributed by atoms with E-state index in [2.05, 4.69) is 69.9 Å². The minimum absolute atomic E-state index is 0. The van der Waals surface area contributed by atoms with Crippen molar-refractivity contribution >= 4 is 137 Å². The lowest BCUT2D eigenvalue weighted by Gasteiger charge is -2.23. The topological polar surface area (TPSA) is 426 Å². The molecule has 0 saturated carbocycles. The number of nitro groups is 2. The lowest BCUT2D eigenvalue weighted by atomic mass is 10.0. The van der Waals surface area contributed by atoms with Crippen molar-refractivity contribution in [2.24, 2.45) is 40.9 Å². The van der Waals surface area contributed by atoms with Gasteiger partial charge in [0.1, 0.15) is 70.5 Å². The third-order valence-corrected chi connectivity index (χ3v) is 20.8. The number of aromatic carboxylic acids is 1. The molecule has 0 fully saturated rings. The van der Waals surface area contributed by atoms with E-state index < -0.39 is 32.2 Å². The summed E-state index contributed by atoms with van der Waals surface area (Å²) in [5, 5.41) is 67.3. The molecule has 33 heteroatoms. The number of benzene rings is 10. The van der Waals surface area contributed by atoms with Crippen LogP contribution < -0.4 is 60.7 Å². The second kappa shape index (κ2) is 54.9. The van der Waals surface area contributed by atoms with Crippen molar-refractivity contribution in [3.05, 3.63) is 248 Å². The summed E-state index contributed by atoms with van der Waals surface area (Å²) < 4.78 is 33.8. The number of likely N-dealkylation sites (N-methyl/N-ethyl adjacent to an activating group) is 2. The van der Waals surface area contributed by atoms with Gasteiger partial charge >= 0.3 is 5.97 Å². The van der Waals surface area contributed by atoms with E-state index in [1.807, 2.05) is 92.7 Å². The summed E-state index contributed by atoms with van der Waals surface area (Å²) in [5.41, 5.74) is 28.3. The highest BCUT2D eigenvalue weighted by molar-refractivity contribution is 6.69. The van der Waals surface area contributed by atoms with E-state index in [1.54, 1.807) is 30.3 Å². The second-order valence-electron chi connectivity index (χ2n) is 29.8. The standard InChI is InChI=1S/C48H56N8O8.C32H28Cl2N6O7.C16H28N2.CH4/c1-5-7-8-9-10-11-12-13-14-33-25-36(49)30-39(26-33)50-47(57)34-27-35(48(58)59)29-42(28-34)64-24-23-55(6-2)40-19-15-37(16-20-40)51-53-43-31-46(63-4)44(32-45(43)62-3)54-52-38-17-21-41(22-18-38)56(60)61;1-4-39(13-14-47-26-16-20(31(33)41)15-21(17-26)32(34)42)24-9-5-22(6-10-24)35-37-27-18-30(46-3)28(19-29(27)45-2)38-36-23-7-11-25(12-8-23)40(43)44;1-2-3-4-5-6-7-8-9-10-14-11-15(17)13-16(18)12-14;/h15-22,25-32H,5-14,23-24,49H2,1-4H3,(H,50,57)(H,58,59);5-12,15-19H,4,13-14H2,1-3H3;11-13H,2-10,17-18H2,1H3;1H4. The molecule has 0 aliphatic rings. The summed E-state index contributed by atoms with van der Waals surface area (Å²) >= 11 is 11.2. The van der Waals surface area contributed by atoms with Crippen LogP contribution in [0.1, 0.15) is 190 Å². The Morgan fingerprint density at radius 1 is 0.392 bits per heavy atom. The fourth-order valence-electron chi connectivity index (χ4n) is 13.5. The summed E-state index contributed by atoms with van der Waals surface area (Å²) in [5.74, 6) is 0.395. The van der Waals surface area contributed by atoms with Crippen LogP contribution in [0.25, 0.3) is 0 Å². The number of carbonyl (C=O) groups excluding carboxylic acids is 3. The van der Waals surface area contributed by atoms with Gasteiger partial charge < -0.3 is 65.8 Å². The Kier molecular flexibility index (Phi) is 43.6. The van der Waals surface area contributed by atoms with Gasteiger partial charge in [-0.1, -0.05) is 111 Å². The number of methoxy groups -OCH3 is 4. The van der Waals surface area contributed by atoms with E-state index in [9.17, 15) is 44.5 Å². The van der Waals surface area contributed by atoms with Gasteiger partial charge in [0, 0.05) is 112 Å². The van der Waals surface area contributed by atoms with E-state index in [1.165, 1.54) is 209 Å². The van der Waals surface area contributed by atoms with Crippen molar-refractivity contribution in [1.29, 1.82) is 0 Å². The number of nitrogen functional groups attached to an aromatic ring is 3. The van der Waals surface area contributed by atoms with Crippen molar-refractivity contribution < 1.29 is 62.6 Å². The highest BCUT2D eigenvalue weighted by Gasteiger charge is 2.20. The van der Waals surface area contributed by atoms with Crippen LogP contribution in [0.15, 0.2) is 235 Å². The third kappa shape index (κ3) is 34.3. The lowest BCUT2D eigenvalue weighted by molar-refractivity contribution is -0.385. The first-order valence-corrected chi connectivity index (χ1v) is 43.5. The second-order valence-corrected chi connectivity index (χ2v) is 30.5. The quantitative estimate of drug-likeness (QED) is 0.00590. The Labute approximate surface area is 768 Å². The number of nitrogens with two attached hydrogens (primary N) is 3. The molecule has 10 aromatic carbocycles. The Morgan fingerprint density at radius 3 is 1.02 bits per heavy atom. The Bertz CT molecular complexity index is 5420. The predicted octanol–water partition coefficient (Wildman–Crippen LogP) is 26.8. The molecule has 1 amide bonds. The zero-order valence-electron chi connectivity index (χ0n) is 74.0. The van der Waals surface area contributed by atoms with Crippen molar-refractivity contribution in [3.63, 3.8) is 0 Å². The number of carboxylic acids is 1. The van der Waals surface area contributed by atoms with E-state index in [4.69, 9.17) is 68.8 Å². The maximum atomic E-state index is 13.4. The van der Waals surface area contributed by atoms with Gasteiger partial charge in [-0.2, -0.15) is 20.5 Å². The summed E-state index contributed by atoms with van der Waals surface area (Å²) in [6.07, 6.45) is 22.5. The van der Waals surface area contributed by atoms with Gasteiger partial charge in [0.2, 0.25) is 0 Å². The molecule has 0 aromatic heterocycles. The first kappa shape index (κ1) is 103. The van der Waals surface area contributed by atoms with Crippen molar-refractivity contribution in [3.8, 4) is 34.5 Å². The van der Waals surface area contributed by atoms with Gasteiger partial charge in [-0.15, -0.1) is 20.5 Å². The van der Waals surface area contributed by atoms with E-state index >= 15 is 0 Å². The Balaban J connectivity index is 0.000000305. The fraction of sp³-hybridized carbons (Fsp3) is 0.340. The first-order valence-electron chi connectivity index (χ1n) is 42.8. The van der Waals surface area contributed by atoms with Gasteiger partial charge in [0.05, 0.1) is 79.7 Å². The Hall–Kier alpha value is -13.9. The predicted molar refractivity (Wildman–Crippen MR) is 515 cm³/mol. The molecular weight excluding hydrogens is 1700 g/mol. The molecule has 0 radical (unpaired) electrons. The van der Waals surface area contributed by atoms with Crippen LogP contribution in [0.5, 0.6) is 34.5 Å². The molecule has 10 aromatic rings. The molecule has 31 nitrogen and oxygen atoms in total. The minimum Gasteiger partial charge on any atom is -0.494 e. The lowest BCUT2D eigenvalue weighted by Crippen LogP contribution is -2.28. The van der Waals surface area contributed by atoms with Crippen LogP contribution >= 0.6 is 23.2 Å². The third-order valence-electron chi connectivity index (χ3n) is 20.4. The number of aryl methyl sites for hydroxylation is 2. The monoisotopic (exact) mass is 1810 g/mol. The van der Waals surface area contributed by atoms with Gasteiger partial charge in [-0.05, 0) is 219 Å². The number of hydrogen-bond acceptors (Lipinski definition) is 27. The SMILES string of the molecule is C.CCCCCCCCCCc1cc(N)cc(N)c1.CCCCCCCCCCc1cc(N)cc(NC(=O)c2cc(OCCN(CC)c3ccc(N=Nc4cc(OC)c(N=Nc5ccc([N+](=O)[O-])cc5)cc4OC)cc3)cc(C(=O)O)c2)c1.CCN(CCOc1cc(C(=O)Cl)cc(C(=O)Cl)c1)c1ccc(N=Nc2cc(OC)c(N=Nc3ccc([N+](=O)[O-])cc3)cc2OC)cc1. The highest BCUT2D eigenvalue weighted by Crippen LogP contribution is 2.44. The molecule has 0 heterocycles. The van der Waals surface area contributed by atoms with Crippen LogP contribution in [-0.2, 0) is 12.8 Å². The number of azo groups is 4. The zero-order chi connectivity index (χ0) is 93.0. The average Bonchev–Trinajstić information content (AvgIpc) is 0.814. The maximum Gasteiger partial charge on any atom is 0.335 e. The van der Waals surface area contributed by atoms with Gasteiger partial charge in [-0.3, -0.25) is 34.6 Å². The van der Waals surface area contributed by atoms with Crippen LogP contribution in [0.4, 0.5) is 91.0 Å². The smallest absolute Gasteiger partial charge is 0.335 e. The number of halogens is 2. The summed E-state index contributed by atoms with van der Waals surface area (Å²) in [6, 6.07) is 52.6. The summed E-state index contributed by atoms with van der Waals surface area (Å²) in [6.45, 7) is 11.3. The van der Waals surface area contributed by atoms with Crippen LogP contribution in [0.2, 0.25) is 0 Å². The molecule has 0 atom stereocenters. The normalized spacial score (nSPS) is 11.0. The van der Waals surface area contributed by atoms with E-state index in [0.717, 1.165) is 54.0 Å². The van der Waals surface area contributed by atoms with Gasteiger partial charge in [0.25, 0.3) is 27.8 Å². The fourth-order valence-corrected chi connectivity index (χ4v) is 13.7. The molecule has 688 valence electrons. The molecule has 130 heavy (non-hydrogen) atoms. The van der Waals surface area contributed by atoms with E-state index in [-0.39, 0.29) is 60.0 Å².